The third kappa shape index (κ3) is 2.45. The molecule has 0 aromatic carbocycles. The van der Waals surface area contributed by atoms with E-state index in [1.807, 2.05) is 0 Å². The fourth-order valence-corrected chi connectivity index (χ4v) is 3.03. The first kappa shape index (κ1) is 9.99. The Kier molecular flexibility index (Phi) is 2.78. The van der Waals surface area contributed by atoms with Crippen LogP contribution in [0.2, 0.25) is 0 Å². The van der Waals surface area contributed by atoms with Crippen LogP contribution in [0.15, 0.2) is 0 Å². The van der Waals surface area contributed by atoms with Gasteiger partial charge >= 0.3 is 0 Å². The average Bonchev–Trinajstić information content (AvgIpc) is 2.69. The van der Waals surface area contributed by atoms with Crippen LogP contribution < -0.4 is 4.72 Å². The molecule has 0 bridgehead atoms. The van der Waals surface area contributed by atoms with Gasteiger partial charge in [-0.25, -0.2) is 13.1 Å². The van der Waals surface area contributed by atoms with Gasteiger partial charge in [-0.3, -0.25) is 0 Å². The molecule has 0 spiro atoms. The number of hydrogen-bond donors (Lipinski definition) is 1. The van der Waals surface area contributed by atoms with Crippen molar-refractivity contribution in [1.82, 2.24) is 4.72 Å². The molecule has 4 heteroatoms. The molecule has 1 aliphatic rings. The molecule has 0 radical (unpaired) electrons. The van der Waals surface area contributed by atoms with Gasteiger partial charge in [0.15, 0.2) is 0 Å². The van der Waals surface area contributed by atoms with Gasteiger partial charge in [-0.15, -0.1) is 0 Å². The van der Waals surface area contributed by atoms with E-state index in [-0.39, 0.29) is 5.41 Å². The molecular weight excluding hydrogens is 174 g/mol. The fourth-order valence-electron chi connectivity index (χ4n) is 1.65. The van der Waals surface area contributed by atoms with Crippen molar-refractivity contribution >= 4 is 10.0 Å². The molecule has 1 aliphatic carbocycles. The van der Waals surface area contributed by atoms with Gasteiger partial charge in [0.05, 0.1) is 5.75 Å². The van der Waals surface area contributed by atoms with Crippen LogP contribution in [0.1, 0.15) is 32.6 Å². The Morgan fingerprint density at radius 2 is 2.00 bits per heavy atom. The van der Waals surface area contributed by atoms with Crippen LogP contribution in [-0.4, -0.2) is 21.2 Å². The Balaban J connectivity index is 2.51. The summed E-state index contributed by atoms with van der Waals surface area (Å²) in [5.74, 6) is 0.324. The van der Waals surface area contributed by atoms with Gasteiger partial charge in [-0.05, 0) is 31.7 Å². The van der Waals surface area contributed by atoms with Crippen molar-refractivity contribution in [3.63, 3.8) is 0 Å². The lowest BCUT2D eigenvalue weighted by Crippen LogP contribution is -2.27. The van der Waals surface area contributed by atoms with Crippen LogP contribution in [0.25, 0.3) is 0 Å². The lowest BCUT2D eigenvalue weighted by molar-refractivity contribution is 0.494. The van der Waals surface area contributed by atoms with Crippen LogP contribution in [0, 0.1) is 5.41 Å². The maximum absolute atomic E-state index is 11.2. The predicted octanol–water partition coefficient (Wildman–Crippen LogP) is 1.12. The number of sulfonamides is 1. The van der Waals surface area contributed by atoms with E-state index in [2.05, 4.69) is 11.6 Å². The first-order chi connectivity index (χ1) is 5.54. The van der Waals surface area contributed by atoms with Crippen LogP contribution in [-0.2, 0) is 10.0 Å². The lowest BCUT2D eigenvalue weighted by Gasteiger charge is -2.12. The fraction of sp³-hybridized carbons (Fsp3) is 1.00. The molecule has 0 atom stereocenters. The van der Waals surface area contributed by atoms with Crippen LogP contribution >= 0.6 is 0 Å². The van der Waals surface area contributed by atoms with Gasteiger partial charge in [-0.1, -0.05) is 13.3 Å². The highest BCUT2D eigenvalue weighted by atomic mass is 32.2. The van der Waals surface area contributed by atoms with Crippen molar-refractivity contribution in [2.75, 3.05) is 12.8 Å². The summed E-state index contributed by atoms with van der Waals surface area (Å²) in [6.07, 6.45) is 4.30. The van der Waals surface area contributed by atoms with E-state index in [4.69, 9.17) is 0 Å². The van der Waals surface area contributed by atoms with E-state index >= 15 is 0 Å². The van der Waals surface area contributed by atoms with Crippen LogP contribution in [0.3, 0.4) is 0 Å². The molecule has 3 nitrogen and oxygen atoms in total. The van der Waals surface area contributed by atoms with Gasteiger partial charge in [0, 0.05) is 0 Å². The minimum atomic E-state index is -2.99. The molecule has 0 unspecified atom stereocenters. The zero-order valence-corrected chi connectivity index (χ0v) is 8.58. The quantitative estimate of drug-likeness (QED) is 0.707. The summed E-state index contributed by atoms with van der Waals surface area (Å²) in [6.45, 7) is 2.10. The monoisotopic (exact) mass is 191 g/mol. The van der Waals surface area contributed by atoms with E-state index in [9.17, 15) is 8.42 Å². The zero-order valence-electron chi connectivity index (χ0n) is 7.76. The van der Waals surface area contributed by atoms with Crippen molar-refractivity contribution in [2.45, 2.75) is 32.6 Å². The van der Waals surface area contributed by atoms with E-state index < -0.39 is 10.0 Å². The summed E-state index contributed by atoms with van der Waals surface area (Å²) in [5, 5.41) is 0. The van der Waals surface area contributed by atoms with Crippen molar-refractivity contribution in [3.8, 4) is 0 Å². The van der Waals surface area contributed by atoms with E-state index in [0.717, 1.165) is 25.7 Å². The molecule has 0 saturated heterocycles. The largest absolute Gasteiger partial charge is 0.218 e. The number of rotatable bonds is 5. The van der Waals surface area contributed by atoms with Crippen molar-refractivity contribution < 1.29 is 8.42 Å². The molecule has 1 fully saturated rings. The van der Waals surface area contributed by atoms with Crippen LogP contribution in [0.4, 0.5) is 0 Å². The normalized spacial score (nSPS) is 20.8. The molecular formula is C8H17NO2S. The highest BCUT2D eigenvalue weighted by Crippen LogP contribution is 2.50. The highest BCUT2D eigenvalue weighted by molar-refractivity contribution is 7.89. The summed E-state index contributed by atoms with van der Waals surface area (Å²) in [5.41, 5.74) is 0.136. The topological polar surface area (TPSA) is 46.2 Å². The second-order valence-corrected chi connectivity index (χ2v) is 5.64. The number of hydrogen-bond acceptors (Lipinski definition) is 2. The Hall–Kier alpha value is -0.0900. The second kappa shape index (κ2) is 3.34. The third-order valence-electron chi connectivity index (χ3n) is 2.54. The molecule has 1 saturated carbocycles. The summed E-state index contributed by atoms with van der Waals surface area (Å²) in [7, 11) is -1.50. The molecule has 1 N–H and O–H groups in total. The van der Waals surface area contributed by atoms with Gasteiger partial charge in [0.25, 0.3) is 0 Å². The Labute approximate surface area is 74.6 Å². The van der Waals surface area contributed by atoms with E-state index in [1.165, 1.54) is 7.05 Å². The SMILES string of the molecule is CCCC1(CS(=O)(=O)NC)CC1. The maximum Gasteiger partial charge on any atom is 0.211 e. The number of nitrogens with one attached hydrogen (secondary N) is 1. The van der Waals surface area contributed by atoms with Crippen LogP contribution in [0.5, 0.6) is 0 Å². The minimum absolute atomic E-state index is 0.136. The van der Waals surface area contributed by atoms with Crippen molar-refractivity contribution in [3.05, 3.63) is 0 Å². The average molecular weight is 191 g/mol. The Morgan fingerprint density at radius 3 is 2.33 bits per heavy atom. The predicted molar refractivity (Wildman–Crippen MR) is 49.4 cm³/mol. The molecule has 1 rings (SSSR count). The van der Waals surface area contributed by atoms with Gasteiger partial charge < -0.3 is 0 Å². The zero-order chi connectivity index (χ0) is 9.24. The maximum atomic E-state index is 11.2. The van der Waals surface area contributed by atoms with Crippen molar-refractivity contribution in [2.24, 2.45) is 5.41 Å². The Bertz CT molecular complexity index is 242. The standard InChI is InChI=1S/C8H17NO2S/c1-3-4-8(5-6-8)7-12(10,11)9-2/h9H,3-7H2,1-2H3. The van der Waals surface area contributed by atoms with Gasteiger partial charge in [-0.2, -0.15) is 0 Å². The first-order valence-corrected chi connectivity index (χ1v) is 6.10. The Morgan fingerprint density at radius 1 is 1.42 bits per heavy atom. The van der Waals surface area contributed by atoms with E-state index in [1.54, 1.807) is 0 Å². The summed E-state index contributed by atoms with van der Waals surface area (Å²) in [4.78, 5) is 0. The van der Waals surface area contributed by atoms with Gasteiger partial charge in [0.2, 0.25) is 10.0 Å². The lowest BCUT2D eigenvalue weighted by atomic mass is 10.0. The molecule has 0 aromatic heterocycles. The smallest absolute Gasteiger partial charge is 0.211 e. The van der Waals surface area contributed by atoms with E-state index in [0.29, 0.717) is 5.75 Å². The minimum Gasteiger partial charge on any atom is -0.218 e. The first-order valence-electron chi connectivity index (χ1n) is 4.45. The molecule has 0 aliphatic heterocycles. The molecule has 72 valence electrons. The summed E-state index contributed by atoms with van der Waals surface area (Å²) >= 11 is 0. The summed E-state index contributed by atoms with van der Waals surface area (Å²) < 4.78 is 24.8. The molecule has 0 aromatic rings. The molecule has 0 amide bonds. The van der Waals surface area contributed by atoms with Crippen molar-refractivity contribution in [1.29, 1.82) is 0 Å². The highest BCUT2D eigenvalue weighted by Gasteiger charge is 2.44. The summed E-state index contributed by atoms with van der Waals surface area (Å²) in [6, 6.07) is 0. The third-order valence-corrected chi connectivity index (χ3v) is 4.16. The second-order valence-electron chi connectivity index (χ2n) is 3.71. The molecule has 0 heterocycles. The van der Waals surface area contributed by atoms with Gasteiger partial charge in [0.1, 0.15) is 0 Å². The molecule has 12 heavy (non-hydrogen) atoms.